The van der Waals surface area contributed by atoms with Crippen molar-refractivity contribution in [3.8, 4) is 0 Å². The second-order valence-corrected chi connectivity index (χ2v) is 8.03. The fraction of sp³-hybridized carbons (Fsp3) is 0.350. The summed E-state index contributed by atoms with van der Waals surface area (Å²) in [5.41, 5.74) is 3.03. The van der Waals surface area contributed by atoms with Gasteiger partial charge in [-0.05, 0) is 42.9 Å². The Morgan fingerprint density at radius 2 is 2.00 bits per heavy atom. The van der Waals surface area contributed by atoms with Crippen LogP contribution in [0.2, 0.25) is 5.02 Å². The van der Waals surface area contributed by atoms with Crippen LogP contribution in [0.25, 0.3) is 11.2 Å². The van der Waals surface area contributed by atoms with Gasteiger partial charge in [0.1, 0.15) is 12.9 Å². The van der Waals surface area contributed by atoms with Crippen LogP contribution in [0, 0.1) is 6.92 Å². The minimum atomic E-state index is -0.185. The minimum absolute atomic E-state index is 0.184. The lowest BCUT2D eigenvalue weighted by Gasteiger charge is -2.33. The molecule has 4 aromatic rings. The van der Waals surface area contributed by atoms with Crippen molar-refractivity contribution in [3.05, 3.63) is 69.1 Å². The van der Waals surface area contributed by atoms with Gasteiger partial charge in [0.2, 0.25) is 5.89 Å². The van der Waals surface area contributed by atoms with Gasteiger partial charge >= 0.3 is 0 Å². The first-order chi connectivity index (χ1) is 14.0. The first-order valence-electron chi connectivity index (χ1n) is 9.44. The SMILES string of the molecule is Cc1ccc(C2CC(c3noc(Cn4cnc5ncn(C)c5c4=O)n3)C2)cc1Cl. The second-order valence-electron chi connectivity index (χ2n) is 7.63. The normalized spacial score (nSPS) is 18.9. The molecule has 1 saturated carbocycles. The molecule has 0 amide bonds. The Labute approximate surface area is 171 Å². The van der Waals surface area contributed by atoms with Crippen LogP contribution in [0.5, 0.6) is 0 Å². The Balaban J connectivity index is 1.30. The van der Waals surface area contributed by atoms with Crippen LogP contribution in [0.4, 0.5) is 0 Å². The van der Waals surface area contributed by atoms with E-state index in [0.29, 0.717) is 28.8 Å². The zero-order chi connectivity index (χ0) is 20.1. The van der Waals surface area contributed by atoms with E-state index < -0.39 is 0 Å². The molecule has 8 nitrogen and oxygen atoms in total. The number of benzene rings is 1. The molecule has 0 saturated heterocycles. The van der Waals surface area contributed by atoms with Gasteiger partial charge in [0.15, 0.2) is 17.0 Å². The molecule has 3 heterocycles. The monoisotopic (exact) mass is 410 g/mol. The number of nitrogens with zero attached hydrogens (tertiary/aromatic N) is 6. The highest BCUT2D eigenvalue weighted by Crippen LogP contribution is 2.47. The Bertz CT molecular complexity index is 1270. The zero-order valence-corrected chi connectivity index (χ0v) is 16.8. The molecule has 9 heteroatoms. The summed E-state index contributed by atoms with van der Waals surface area (Å²) in [7, 11) is 1.77. The summed E-state index contributed by atoms with van der Waals surface area (Å²) in [6, 6.07) is 6.24. The third-order valence-electron chi connectivity index (χ3n) is 5.66. The number of hydrogen-bond donors (Lipinski definition) is 0. The van der Waals surface area contributed by atoms with E-state index in [4.69, 9.17) is 16.1 Å². The van der Waals surface area contributed by atoms with Crippen molar-refractivity contribution in [3.63, 3.8) is 0 Å². The van der Waals surface area contributed by atoms with Gasteiger partial charge in [-0.2, -0.15) is 4.98 Å². The number of hydrogen-bond acceptors (Lipinski definition) is 6. The molecule has 3 aromatic heterocycles. The molecule has 0 bridgehead atoms. The predicted octanol–water partition coefficient (Wildman–Crippen LogP) is 3.18. The summed E-state index contributed by atoms with van der Waals surface area (Å²) in [6.07, 6.45) is 4.95. The van der Waals surface area contributed by atoms with Crippen LogP contribution in [0.1, 0.15) is 47.5 Å². The lowest BCUT2D eigenvalue weighted by atomic mass is 9.71. The summed E-state index contributed by atoms with van der Waals surface area (Å²) >= 11 is 6.25. The van der Waals surface area contributed by atoms with Gasteiger partial charge in [-0.25, -0.2) is 9.97 Å². The Morgan fingerprint density at radius 1 is 1.21 bits per heavy atom. The van der Waals surface area contributed by atoms with E-state index >= 15 is 0 Å². The number of fused-ring (bicyclic) bond motifs is 1. The van der Waals surface area contributed by atoms with Gasteiger partial charge in [-0.15, -0.1) is 0 Å². The van der Waals surface area contributed by atoms with Crippen molar-refractivity contribution in [2.45, 2.75) is 38.1 Å². The largest absolute Gasteiger partial charge is 0.337 e. The molecular formula is C20H19ClN6O2. The number of imidazole rings is 1. The van der Waals surface area contributed by atoms with Gasteiger partial charge in [-0.1, -0.05) is 28.9 Å². The van der Waals surface area contributed by atoms with Crippen LogP contribution in [0.3, 0.4) is 0 Å². The molecule has 1 aromatic carbocycles. The summed E-state index contributed by atoms with van der Waals surface area (Å²) < 4.78 is 8.50. The number of halogens is 1. The van der Waals surface area contributed by atoms with Gasteiger partial charge < -0.3 is 9.09 Å². The maximum atomic E-state index is 12.6. The van der Waals surface area contributed by atoms with E-state index in [1.165, 1.54) is 16.5 Å². The fourth-order valence-electron chi connectivity index (χ4n) is 3.79. The summed E-state index contributed by atoms with van der Waals surface area (Å²) in [4.78, 5) is 25.5. The maximum absolute atomic E-state index is 12.6. The Hall–Kier alpha value is -3.00. The zero-order valence-electron chi connectivity index (χ0n) is 16.0. The summed E-state index contributed by atoms with van der Waals surface area (Å²) in [6.45, 7) is 2.19. The molecule has 0 atom stereocenters. The van der Waals surface area contributed by atoms with Gasteiger partial charge in [0.25, 0.3) is 5.56 Å². The highest BCUT2D eigenvalue weighted by atomic mass is 35.5. The highest BCUT2D eigenvalue weighted by molar-refractivity contribution is 6.31. The molecule has 1 aliphatic rings. The Morgan fingerprint density at radius 3 is 2.79 bits per heavy atom. The van der Waals surface area contributed by atoms with Crippen molar-refractivity contribution < 1.29 is 4.52 Å². The molecular weight excluding hydrogens is 392 g/mol. The molecule has 0 N–H and O–H groups in total. The average molecular weight is 411 g/mol. The predicted molar refractivity (Wildman–Crippen MR) is 107 cm³/mol. The first kappa shape index (κ1) is 18.1. The number of rotatable bonds is 4. The number of aromatic nitrogens is 6. The van der Waals surface area contributed by atoms with Crippen LogP contribution in [-0.2, 0) is 13.6 Å². The van der Waals surface area contributed by atoms with Crippen molar-refractivity contribution in [1.29, 1.82) is 0 Å². The van der Waals surface area contributed by atoms with E-state index in [1.54, 1.807) is 17.9 Å². The van der Waals surface area contributed by atoms with Gasteiger partial charge in [0, 0.05) is 18.0 Å². The van der Waals surface area contributed by atoms with Crippen LogP contribution >= 0.6 is 11.6 Å². The number of aryl methyl sites for hydroxylation is 2. The summed E-state index contributed by atoms with van der Waals surface area (Å²) in [5.74, 6) is 1.80. The van der Waals surface area contributed by atoms with Crippen LogP contribution < -0.4 is 5.56 Å². The maximum Gasteiger partial charge on any atom is 0.280 e. The fourth-order valence-corrected chi connectivity index (χ4v) is 3.98. The average Bonchev–Trinajstić information content (AvgIpc) is 3.26. The standard InChI is InChI=1S/C20H19ClN6O2/c1-11-3-4-12(7-15(11)21)13-5-14(6-13)18-24-16(29-25-18)8-27-10-23-19-17(20(27)28)26(2)9-22-19/h3-4,7,9-10,13-14H,5-6,8H2,1-2H3. The highest BCUT2D eigenvalue weighted by Gasteiger charge is 2.34. The molecule has 148 valence electrons. The van der Waals surface area contributed by atoms with E-state index in [2.05, 4.69) is 32.2 Å². The topological polar surface area (TPSA) is 91.6 Å². The molecule has 0 spiro atoms. The molecule has 1 fully saturated rings. The minimum Gasteiger partial charge on any atom is -0.337 e. The molecule has 0 radical (unpaired) electrons. The van der Waals surface area contributed by atoms with E-state index in [1.807, 2.05) is 13.0 Å². The van der Waals surface area contributed by atoms with E-state index in [9.17, 15) is 4.79 Å². The van der Waals surface area contributed by atoms with Crippen molar-refractivity contribution in [1.82, 2.24) is 29.2 Å². The second kappa shape index (κ2) is 6.81. The summed E-state index contributed by atoms with van der Waals surface area (Å²) in [5, 5.41) is 4.93. The molecule has 0 unspecified atom stereocenters. The van der Waals surface area contributed by atoms with Crippen molar-refractivity contribution >= 4 is 22.8 Å². The van der Waals surface area contributed by atoms with Crippen LogP contribution in [-0.4, -0.2) is 29.2 Å². The van der Waals surface area contributed by atoms with Gasteiger partial charge in [0.05, 0.1) is 6.33 Å². The van der Waals surface area contributed by atoms with E-state index in [0.717, 1.165) is 23.4 Å². The van der Waals surface area contributed by atoms with Gasteiger partial charge in [-0.3, -0.25) is 9.36 Å². The lowest BCUT2D eigenvalue weighted by molar-refractivity contribution is 0.315. The Kier molecular flexibility index (Phi) is 4.24. The quantitative estimate of drug-likeness (QED) is 0.513. The lowest BCUT2D eigenvalue weighted by Crippen LogP contribution is -2.23. The third-order valence-corrected chi connectivity index (χ3v) is 6.07. The van der Waals surface area contributed by atoms with Crippen molar-refractivity contribution in [2.75, 3.05) is 0 Å². The smallest absolute Gasteiger partial charge is 0.280 e. The van der Waals surface area contributed by atoms with E-state index in [-0.39, 0.29) is 18.0 Å². The third kappa shape index (κ3) is 3.13. The molecule has 29 heavy (non-hydrogen) atoms. The molecule has 0 aliphatic heterocycles. The molecule has 5 rings (SSSR count). The molecule has 1 aliphatic carbocycles. The first-order valence-corrected chi connectivity index (χ1v) is 9.82. The van der Waals surface area contributed by atoms with Crippen LogP contribution in [0.15, 0.2) is 40.2 Å². The van der Waals surface area contributed by atoms with Crippen molar-refractivity contribution in [2.24, 2.45) is 7.05 Å².